The number of ether oxygens (including phenoxy) is 2. The van der Waals surface area contributed by atoms with Crippen LogP contribution in [0.1, 0.15) is 31.2 Å². The largest absolute Gasteiger partial charge is 0.375 e. The zero-order valence-electron chi connectivity index (χ0n) is 13.0. The molecule has 1 aromatic heterocycles. The molecule has 2 aliphatic rings. The second-order valence-electron chi connectivity index (χ2n) is 6.05. The molecule has 122 valence electrons. The van der Waals surface area contributed by atoms with Gasteiger partial charge in [-0.3, -0.25) is 0 Å². The van der Waals surface area contributed by atoms with E-state index in [9.17, 15) is 4.79 Å². The number of amides is 2. The first-order chi connectivity index (χ1) is 10.7. The van der Waals surface area contributed by atoms with Crippen molar-refractivity contribution in [1.29, 1.82) is 0 Å². The fourth-order valence-corrected chi connectivity index (χ4v) is 3.79. The zero-order valence-corrected chi connectivity index (χ0v) is 13.8. The Morgan fingerprint density at radius 3 is 3.05 bits per heavy atom. The molecule has 3 atom stereocenters. The van der Waals surface area contributed by atoms with Gasteiger partial charge in [-0.2, -0.15) is 11.3 Å². The fourth-order valence-electron chi connectivity index (χ4n) is 3.01. The Balaban J connectivity index is 1.47. The quantitative estimate of drug-likeness (QED) is 0.925. The minimum absolute atomic E-state index is 0.00776. The van der Waals surface area contributed by atoms with Gasteiger partial charge in [0.1, 0.15) is 6.10 Å². The number of carbonyl (C=O) groups excluding carboxylic acids is 1. The van der Waals surface area contributed by atoms with E-state index < -0.39 is 0 Å². The van der Waals surface area contributed by atoms with Crippen molar-refractivity contribution in [3.05, 3.63) is 22.4 Å². The average molecular weight is 324 g/mol. The lowest BCUT2D eigenvalue weighted by atomic mass is 10.1. The van der Waals surface area contributed by atoms with Crippen LogP contribution in [-0.2, 0) is 9.47 Å². The molecule has 3 rings (SSSR count). The van der Waals surface area contributed by atoms with E-state index in [1.165, 1.54) is 5.56 Å². The highest BCUT2D eigenvalue weighted by molar-refractivity contribution is 7.07. The molecular weight excluding hydrogens is 300 g/mol. The van der Waals surface area contributed by atoms with E-state index in [4.69, 9.17) is 9.47 Å². The molecule has 0 bridgehead atoms. The van der Waals surface area contributed by atoms with Gasteiger partial charge in [0.2, 0.25) is 0 Å². The third-order valence-electron chi connectivity index (χ3n) is 4.43. The van der Waals surface area contributed by atoms with Crippen LogP contribution >= 0.6 is 11.3 Å². The van der Waals surface area contributed by atoms with Crippen molar-refractivity contribution in [2.75, 3.05) is 32.8 Å². The summed E-state index contributed by atoms with van der Waals surface area (Å²) in [5, 5.41) is 7.26. The Morgan fingerprint density at radius 1 is 1.45 bits per heavy atom. The molecule has 3 unspecified atom stereocenters. The Bertz CT molecular complexity index is 474. The molecule has 0 radical (unpaired) electrons. The molecule has 3 heterocycles. The molecule has 0 aromatic carbocycles. The van der Waals surface area contributed by atoms with Crippen molar-refractivity contribution >= 4 is 17.4 Å². The van der Waals surface area contributed by atoms with Gasteiger partial charge in [-0.15, -0.1) is 0 Å². The molecular formula is C16H24N2O3S. The van der Waals surface area contributed by atoms with Gasteiger partial charge >= 0.3 is 6.03 Å². The summed E-state index contributed by atoms with van der Waals surface area (Å²) in [4.78, 5) is 14.2. The number of morpholine rings is 1. The fraction of sp³-hybridized carbons (Fsp3) is 0.688. The number of hydrogen-bond acceptors (Lipinski definition) is 4. The van der Waals surface area contributed by atoms with Crippen LogP contribution in [0, 0.1) is 0 Å². The maximum Gasteiger partial charge on any atom is 0.317 e. The predicted octanol–water partition coefficient (Wildman–Crippen LogP) is 2.44. The lowest BCUT2D eigenvalue weighted by Gasteiger charge is -2.35. The van der Waals surface area contributed by atoms with E-state index in [0.717, 1.165) is 19.4 Å². The summed E-state index contributed by atoms with van der Waals surface area (Å²) in [6, 6.07) is 2.12. The molecule has 2 fully saturated rings. The third-order valence-corrected chi connectivity index (χ3v) is 5.13. The van der Waals surface area contributed by atoms with E-state index in [0.29, 0.717) is 32.2 Å². The zero-order chi connectivity index (χ0) is 15.4. The maximum absolute atomic E-state index is 12.4. The van der Waals surface area contributed by atoms with Crippen LogP contribution in [0.25, 0.3) is 0 Å². The minimum Gasteiger partial charge on any atom is -0.375 e. The van der Waals surface area contributed by atoms with E-state index >= 15 is 0 Å². The summed E-state index contributed by atoms with van der Waals surface area (Å²) in [5.74, 6) is 0.338. The highest BCUT2D eigenvalue weighted by atomic mass is 32.1. The maximum atomic E-state index is 12.4. The van der Waals surface area contributed by atoms with Crippen LogP contribution in [-0.4, -0.2) is 56.0 Å². The Kier molecular flexibility index (Phi) is 5.33. The Hall–Kier alpha value is -1.11. The number of nitrogens with one attached hydrogen (secondary N) is 1. The number of urea groups is 1. The van der Waals surface area contributed by atoms with Crippen molar-refractivity contribution < 1.29 is 14.3 Å². The van der Waals surface area contributed by atoms with Gasteiger partial charge in [-0.1, -0.05) is 6.92 Å². The average Bonchev–Trinajstić information content (AvgIpc) is 3.25. The van der Waals surface area contributed by atoms with Crippen LogP contribution in [0.5, 0.6) is 0 Å². The molecule has 22 heavy (non-hydrogen) atoms. The lowest BCUT2D eigenvalue weighted by Crippen LogP contribution is -2.53. The van der Waals surface area contributed by atoms with Gasteiger partial charge in [0.25, 0.3) is 0 Å². The van der Waals surface area contributed by atoms with E-state index in [1.807, 2.05) is 4.90 Å². The van der Waals surface area contributed by atoms with Crippen molar-refractivity contribution in [3.8, 4) is 0 Å². The summed E-state index contributed by atoms with van der Waals surface area (Å²) >= 11 is 1.69. The summed E-state index contributed by atoms with van der Waals surface area (Å²) in [5.41, 5.74) is 1.28. The molecule has 1 aromatic rings. The van der Waals surface area contributed by atoms with Crippen LogP contribution in [0.2, 0.25) is 0 Å². The van der Waals surface area contributed by atoms with Crippen molar-refractivity contribution in [2.24, 2.45) is 0 Å². The van der Waals surface area contributed by atoms with Gasteiger partial charge in [0, 0.05) is 19.7 Å². The van der Waals surface area contributed by atoms with Crippen LogP contribution in [0.4, 0.5) is 4.79 Å². The second kappa shape index (κ2) is 7.44. The number of thiophene rings is 1. The molecule has 2 amide bonds. The first kappa shape index (κ1) is 15.8. The highest BCUT2D eigenvalue weighted by Crippen LogP contribution is 2.21. The number of hydrogen-bond donors (Lipinski definition) is 1. The summed E-state index contributed by atoms with van der Waals surface area (Å²) in [6.07, 6.45) is 2.31. The van der Waals surface area contributed by atoms with Gasteiger partial charge in [-0.05, 0) is 41.1 Å². The Morgan fingerprint density at radius 2 is 2.32 bits per heavy atom. The number of nitrogens with zero attached hydrogens (tertiary/aromatic N) is 1. The monoisotopic (exact) mass is 324 g/mol. The third kappa shape index (κ3) is 3.80. The number of rotatable bonds is 4. The highest BCUT2D eigenvalue weighted by Gasteiger charge is 2.32. The minimum atomic E-state index is 0.00776. The van der Waals surface area contributed by atoms with Gasteiger partial charge in [0.15, 0.2) is 0 Å². The summed E-state index contributed by atoms with van der Waals surface area (Å²) in [6.45, 7) is 5.49. The van der Waals surface area contributed by atoms with Gasteiger partial charge < -0.3 is 19.7 Å². The molecule has 6 heteroatoms. The SMILES string of the molecule is CC(CNC(=O)N1CCOC(C2CCCO2)C1)c1ccsc1. The first-order valence-corrected chi connectivity index (χ1v) is 8.96. The molecule has 1 N–H and O–H groups in total. The predicted molar refractivity (Wildman–Crippen MR) is 86.4 cm³/mol. The first-order valence-electron chi connectivity index (χ1n) is 8.02. The molecule has 0 saturated carbocycles. The molecule has 2 aliphatic heterocycles. The summed E-state index contributed by atoms with van der Waals surface area (Å²) in [7, 11) is 0. The number of carbonyl (C=O) groups is 1. The molecule has 0 aliphatic carbocycles. The van der Waals surface area contributed by atoms with E-state index in [-0.39, 0.29) is 18.2 Å². The standard InChI is InChI=1S/C16H24N2O3S/c1-12(13-4-8-22-11-13)9-17-16(19)18-5-7-21-15(10-18)14-3-2-6-20-14/h4,8,11-12,14-15H,2-3,5-7,9-10H2,1H3,(H,17,19). The van der Waals surface area contributed by atoms with Crippen LogP contribution in [0.3, 0.4) is 0 Å². The van der Waals surface area contributed by atoms with Gasteiger partial charge in [0.05, 0.1) is 19.3 Å². The molecule has 5 nitrogen and oxygen atoms in total. The Labute approximate surface area is 135 Å². The second-order valence-corrected chi connectivity index (χ2v) is 6.83. The van der Waals surface area contributed by atoms with Crippen LogP contribution in [0.15, 0.2) is 16.8 Å². The van der Waals surface area contributed by atoms with Crippen molar-refractivity contribution in [1.82, 2.24) is 10.2 Å². The van der Waals surface area contributed by atoms with Crippen LogP contribution < -0.4 is 5.32 Å². The van der Waals surface area contributed by atoms with Gasteiger partial charge in [-0.25, -0.2) is 4.79 Å². The van der Waals surface area contributed by atoms with E-state index in [1.54, 1.807) is 11.3 Å². The lowest BCUT2D eigenvalue weighted by molar-refractivity contribution is -0.0848. The van der Waals surface area contributed by atoms with Crippen molar-refractivity contribution in [2.45, 2.75) is 37.9 Å². The topological polar surface area (TPSA) is 50.8 Å². The smallest absolute Gasteiger partial charge is 0.317 e. The van der Waals surface area contributed by atoms with Crippen molar-refractivity contribution in [3.63, 3.8) is 0 Å². The normalized spacial score (nSPS) is 26.9. The molecule has 2 saturated heterocycles. The molecule has 0 spiro atoms. The van der Waals surface area contributed by atoms with E-state index in [2.05, 4.69) is 29.1 Å². The summed E-state index contributed by atoms with van der Waals surface area (Å²) < 4.78 is 11.5.